The molecule has 0 radical (unpaired) electrons. The second-order valence-corrected chi connectivity index (χ2v) is 7.71. The number of nitrogens with two attached hydrogens (primary N) is 1. The topological polar surface area (TPSA) is 80.4 Å². The van der Waals surface area contributed by atoms with Crippen LogP contribution in [0.2, 0.25) is 0 Å². The van der Waals surface area contributed by atoms with Gasteiger partial charge in [-0.2, -0.15) is 0 Å². The number of benzene rings is 1. The summed E-state index contributed by atoms with van der Waals surface area (Å²) in [4.78, 5) is 20.3. The van der Waals surface area contributed by atoms with Crippen LogP contribution in [-0.4, -0.2) is 66.3 Å². The van der Waals surface area contributed by atoms with Crippen LogP contribution in [0.4, 0.5) is 4.79 Å². The summed E-state index contributed by atoms with van der Waals surface area (Å²) in [7, 11) is 0. The summed E-state index contributed by atoms with van der Waals surface area (Å²) in [5, 5.41) is 0. The molecule has 7 nitrogen and oxygen atoms in total. The van der Waals surface area contributed by atoms with Crippen molar-refractivity contribution >= 4 is 36.0 Å². The number of hydrogen-bond acceptors (Lipinski definition) is 4. The Balaban J connectivity index is 0.00000261. The Morgan fingerprint density at radius 1 is 1.22 bits per heavy atom. The molecule has 0 saturated carbocycles. The third kappa shape index (κ3) is 5.88. The highest BCUT2D eigenvalue weighted by atomic mass is 127. The van der Waals surface area contributed by atoms with E-state index in [4.69, 9.17) is 15.2 Å². The lowest BCUT2D eigenvalue weighted by atomic mass is 10.1. The van der Waals surface area contributed by atoms with Crippen LogP contribution in [0.5, 0.6) is 5.75 Å². The van der Waals surface area contributed by atoms with Crippen LogP contribution in [0.15, 0.2) is 29.3 Å². The zero-order valence-corrected chi connectivity index (χ0v) is 18.5. The number of rotatable bonds is 2. The predicted octanol–water partition coefficient (Wildman–Crippen LogP) is 2.48. The van der Waals surface area contributed by atoms with Crippen LogP contribution in [0, 0.1) is 0 Å². The molecular formula is C19H29IN4O3. The highest BCUT2D eigenvalue weighted by Crippen LogP contribution is 2.28. The number of piperazine rings is 1. The molecule has 2 aliphatic rings. The summed E-state index contributed by atoms with van der Waals surface area (Å²) in [6.45, 7) is 8.61. The number of halogens is 1. The minimum Gasteiger partial charge on any atom is -0.488 e. The summed E-state index contributed by atoms with van der Waals surface area (Å²) >= 11 is 0. The van der Waals surface area contributed by atoms with Crippen molar-refractivity contribution in [1.29, 1.82) is 0 Å². The van der Waals surface area contributed by atoms with E-state index >= 15 is 0 Å². The number of aliphatic imine (C=N–C) groups is 1. The molecule has 2 heterocycles. The van der Waals surface area contributed by atoms with Gasteiger partial charge in [0.1, 0.15) is 17.5 Å². The standard InChI is InChI=1S/C19H28N4O3.HI/c1-19(2,3)26-18(24)23-10-8-22(9-11-23)17(20)21-13-15-12-14-6-4-5-7-16(14)25-15;/h4-7,15H,8-13H2,1-3H3,(H2,20,21);1H. The highest BCUT2D eigenvalue weighted by molar-refractivity contribution is 14.0. The Kier molecular flexibility index (Phi) is 7.19. The van der Waals surface area contributed by atoms with Gasteiger partial charge < -0.3 is 25.0 Å². The zero-order valence-electron chi connectivity index (χ0n) is 16.2. The van der Waals surface area contributed by atoms with E-state index in [2.05, 4.69) is 11.1 Å². The van der Waals surface area contributed by atoms with Crippen molar-refractivity contribution in [3.63, 3.8) is 0 Å². The Hall–Kier alpha value is -1.71. The van der Waals surface area contributed by atoms with Crippen LogP contribution in [0.3, 0.4) is 0 Å². The van der Waals surface area contributed by atoms with Gasteiger partial charge in [0.2, 0.25) is 0 Å². The molecule has 1 amide bonds. The van der Waals surface area contributed by atoms with Crippen LogP contribution in [-0.2, 0) is 11.2 Å². The van der Waals surface area contributed by atoms with E-state index < -0.39 is 5.60 Å². The summed E-state index contributed by atoms with van der Waals surface area (Å²) < 4.78 is 11.3. The number of para-hydroxylation sites is 1. The van der Waals surface area contributed by atoms with Crippen molar-refractivity contribution in [3.8, 4) is 5.75 Å². The average Bonchev–Trinajstić information content (AvgIpc) is 3.01. The van der Waals surface area contributed by atoms with E-state index in [1.54, 1.807) is 4.90 Å². The molecule has 2 N–H and O–H groups in total. The van der Waals surface area contributed by atoms with Gasteiger partial charge in [-0.15, -0.1) is 24.0 Å². The third-order valence-electron chi connectivity index (χ3n) is 4.43. The molecule has 0 bridgehead atoms. The van der Waals surface area contributed by atoms with Crippen LogP contribution >= 0.6 is 24.0 Å². The van der Waals surface area contributed by atoms with Gasteiger partial charge in [-0.1, -0.05) is 18.2 Å². The lowest BCUT2D eigenvalue weighted by Crippen LogP contribution is -2.53. The average molecular weight is 488 g/mol. The SMILES string of the molecule is CC(C)(C)OC(=O)N1CCN(C(N)=NCC2Cc3ccccc3O2)CC1.I. The summed E-state index contributed by atoms with van der Waals surface area (Å²) in [5.74, 6) is 1.45. The molecule has 0 spiro atoms. The third-order valence-corrected chi connectivity index (χ3v) is 4.43. The van der Waals surface area contributed by atoms with Gasteiger partial charge in [0.25, 0.3) is 0 Å². The van der Waals surface area contributed by atoms with Crippen molar-refractivity contribution in [1.82, 2.24) is 9.80 Å². The molecule has 0 aromatic heterocycles. The molecule has 3 rings (SSSR count). The second kappa shape index (κ2) is 8.99. The fourth-order valence-corrected chi connectivity index (χ4v) is 3.10. The van der Waals surface area contributed by atoms with E-state index in [-0.39, 0.29) is 36.2 Å². The first-order valence-electron chi connectivity index (χ1n) is 9.09. The molecule has 1 saturated heterocycles. The lowest BCUT2D eigenvalue weighted by molar-refractivity contribution is 0.0186. The molecule has 8 heteroatoms. The Labute approximate surface area is 177 Å². The fourth-order valence-electron chi connectivity index (χ4n) is 3.10. The number of nitrogens with zero attached hydrogens (tertiary/aromatic N) is 3. The van der Waals surface area contributed by atoms with Gasteiger partial charge in [0.15, 0.2) is 5.96 Å². The number of guanidine groups is 1. The first-order chi connectivity index (χ1) is 12.3. The predicted molar refractivity (Wildman–Crippen MR) is 116 cm³/mol. The first-order valence-corrected chi connectivity index (χ1v) is 9.09. The van der Waals surface area contributed by atoms with E-state index in [0.29, 0.717) is 38.7 Å². The Bertz CT molecular complexity index is 657. The van der Waals surface area contributed by atoms with E-state index in [1.807, 2.05) is 43.9 Å². The van der Waals surface area contributed by atoms with Gasteiger partial charge in [-0.25, -0.2) is 9.79 Å². The van der Waals surface area contributed by atoms with Crippen molar-refractivity contribution in [2.24, 2.45) is 10.7 Å². The van der Waals surface area contributed by atoms with Gasteiger partial charge in [0.05, 0.1) is 6.54 Å². The molecule has 1 fully saturated rings. The molecule has 27 heavy (non-hydrogen) atoms. The van der Waals surface area contributed by atoms with Crippen LogP contribution in [0.1, 0.15) is 26.3 Å². The second-order valence-electron chi connectivity index (χ2n) is 7.71. The van der Waals surface area contributed by atoms with Crippen molar-refractivity contribution in [2.75, 3.05) is 32.7 Å². The van der Waals surface area contributed by atoms with Crippen molar-refractivity contribution in [3.05, 3.63) is 29.8 Å². The quantitative estimate of drug-likeness (QED) is 0.393. The maximum absolute atomic E-state index is 12.1. The van der Waals surface area contributed by atoms with Crippen LogP contribution in [0.25, 0.3) is 0 Å². The smallest absolute Gasteiger partial charge is 0.410 e. The lowest BCUT2D eigenvalue weighted by Gasteiger charge is -2.36. The van der Waals surface area contributed by atoms with Crippen molar-refractivity contribution in [2.45, 2.75) is 38.9 Å². The van der Waals surface area contributed by atoms with Gasteiger partial charge in [-0.05, 0) is 32.4 Å². The van der Waals surface area contributed by atoms with Crippen molar-refractivity contribution < 1.29 is 14.3 Å². The molecule has 1 atom stereocenters. The van der Waals surface area contributed by atoms with E-state index in [0.717, 1.165) is 12.2 Å². The highest BCUT2D eigenvalue weighted by Gasteiger charge is 2.27. The number of carbonyl (C=O) groups excluding carboxylic acids is 1. The van der Waals surface area contributed by atoms with E-state index in [9.17, 15) is 4.79 Å². The Morgan fingerprint density at radius 3 is 2.48 bits per heavy atom. The molecular weight excluding hydrogens is 459 g/mol. The molecule has 150 valence electrons. The minimum atomic E-state index is -0.479. The Morgan fingerprint density at radius 2 is 1.85 bits per heavy atom. The van der Waals surface area contributed by atoms with Crippen LogP contribution < -0.4 is 10.5 Å². The minimum absolute atomic E-state index is 0. The number of ether oxygens (including phenoxy) is 2. The molecule has 1 aromatic carbocycles. The largest absolute Gasteiger partial charge is 0.488 e. The van der Waals surface area contributed by atoms with Gasteiger partial charge in [0, 0.05) is 32.6 Å². The number of carbonyl (C=O) groups is 1. The number of hydrogen-bond donors (Lipinski definition) is 1. The molecule has 2 aliphatic heterocycles. The number of fused-ring (bicyclic) bond motifs is 1. The molecule has 1 unspecified atom stereocenters. The maximum Gasteiger partial charge on any atom is 0.410 e. The monoisotopic (exact) mass is 488 g/mol. The first kappa shape index (κ1) is 21.6. The maximum atomic E-state index is 12.1. The summed E-state index contributed by atoms with van der Waals surface area (Å²) in [5.41, 5.74) is 6.88. The van der Waals surface area contributed by atoms with Gasteiger partial charge >= 0.3 is 6.09 Å². The normalized spacial score (nSPS) is 19.8. The summed E-state index contributed by atoms with van der Waals surface area (Å²) in [6.07, 6.45) is 0.623. The number of amides is 1. The fraction of sp³-hybridized carbons (Fsp3) is 0.579. The van der Waals surface area contributed by atoms with E-state index in [1.165, 1.54) is 5.56 Å². The zero-order chi connectivity index (χ0) is 18.7. The molecule has 1 aromatic rings. The summed E-state index contributed by atoms with van der Waals surface area (Å²) in [6, 6.07) is 8.06. The molecule has 0 aliphatic carbocycles. The van der Waals surface area contributed by atoms with Gasteiger partial charge in [-0.3, -0.25) is 0 Å².